The highest BCUT2D eigenvalue weighted by atomic mass is 35.5. The number of urea groups is 1. The molecule has 0 atom stereocenters. The number of hydrogen-bond acceptors (Lipinski definition) is 5. The predicted octanol–water partition coefficient (Wildman–Crippen LogP) is 6.16. The molecule has 40 heavy (non-hydrogen) atoms. The zero-order valence-corrected chi connectivity index (χ0v) is 21.2. The largest absolute Gasteiger partial charge is 0.465 e. The van der Waals surface area contributed by atoms with E-state index in [1.165, 1.54) is 35.2 Å². The van der Waals surface area contributed by atoms with Gasteiger partial charge < -0.3 is 25.8 Å². The Balaban J connectivity index is 1.39. The number of carboxylic acid groups (broad SMARTS) is 1. The maximum atomic E-state index is 13.0. The summed E-state index contributed by atoms with van der Waals surface area (Å²) < 4.78 is 46.3. The highest BCUT2D eigenvalue weighted by Crippen LogP contribution is 2.36. The Morgan fingerprint density at radius 2 is 1.65 bits per heavy atom. The van der Waals surface area contributed by atoms with E-state index in [2.05, 4.69) is 20.9 Å². The van der Waals surface area contributed by atoms with Crippen molar-refractivity contribution in [3.63, 3.8) is 0 Å². The van der Waals surface area contributed by atoms with E-state index in [9.17, 15) is 27.6 Å². The Morgan fingerprint density at radius 1 is 0.975 bits per heavy atom. The summed E-state index contributed by atoms with van der Waals surface area (Å²) in [5.41, 5.74) is -0.649. The van der Waals surface area contributed by atoms with Crippen molar-refractivity contribution in [1.29, 1.82) is 0 Å². The van der Waals surface area contributed by atoms with Crippen LogP contribution in [-0.4, -0.2) is 33.3 Å². The van der Waals surface area contributed by atoms with Gasteiger partial charge in [-0.25, -0.2) is 14.6 Å². The van der Waals surface area contributed by atoms with E-state index in [1.54, 1.807) is 24.3 Å². The van der Waals surface area contributed by atoms with E-state index in [0.29, 0.717) is 34.5 Å². The summed E-state index contributed by atoms with van der Waals surface area (Å²) >= 11 is 5.60. The molecule has 3 amide bonds. The average Bonchev–Trinajstić information content (AvgIpc) is 2.89. The number of nitrogens with one attached hydrogen (secondary N) is 3. The number of carbonyl (C=O) groups excluding carboxylic acids is 1. The molecule has 1 heterocycles. The van der Waals surface area contributed by atoms with Gasteiger partial charge in [0.25, 0.3) is 5.56 Å². The number of anilines is 2. The number of fused-ring (bicyclic) bond motifs is 1. The van der Waals surface area contributed by atoms with Crippen molar-refractivity contribution in [3.8, 4) is 11.5 Å². The van der Waals surface area contributed by atoms with Crippen LogP contribution >= 0.6 is 11.6 Å². The molecule has 4 rings (SSSR count). The Hall–Kier alpha value is -4.78. The Kier molecular flexibility index (Phi) is 8.43. The van der Waals surface area contributed by atoms with Gasteiger partial charge in [0.2, 0.25) is 0 Å². The fraction of sp³-hybridized carbons (Fsp3) is 0.154. The molecule has 0 saturated carbocycles. The molecule has 0 fully saturated rings. The van der Waals surface area contributed by atoms with E-state index >= 15 is 0 Å². The summed E-state index contributed by atoms with van der Waals surface area (Å²) in [5, 5.41) is 15.6. The van der Waals surface area contributed by atoms with Crippen LogP contribution in [0.5, 0.6) is 11.5 Å². The summed E-state index contributed by atoms with van der Waals surface area (Å²) in [5.74, 6) is 0.750. The first-order valence-electron chi connectivity index (χ1n) is 11.7. The number of halogens is 4. The van der Waals surface area contributed by atoms with E-state index < -0.39 is 28.9 Å². The minimum absolute atomic E-state index is 0.0871. The molecule has 4 aromatic rings. The van der Waals surface area contributed by atoms with Gasteiger partial charge in [-0.3, -0.25) is 9.36 Å². The Morgan fingerprint density at radius 3 is 2.35 bits per heavy atom. The van der Waals surface area contributed by atoms with Gasteiger partial charge in [-0.1, -0.05) is 11.6 Å². The van der Waals surface area contributed by atoms with E-state index in [4.69, 9.17) is 21.4 Å². The molecular weight excluding hydrogens is 555 g/mol. The number of carbonyl (C=O) groups is 2. The minimum atomic E-state index is -4.67. The zero-order valence-electron chi connectivity index (χ0n) is 20.5. The first kappa shape index (κ1) is 28.2. The zero-order chi connectivity index (χ0) is 28.9. The lowest BCUT2D eigenvalue weighted by atomic mass is 10.2. The second-order valence-corrected chi connectivity index (χ2v) is 8.81. The smallest absolute Gasteiger partial charge is 0.417 e. The van der Waals surface area contributed by atoms with Crippen molar-refractivity contribution in [2.24, 2.45) is 0 Å². The van der Waals surface area contributed by atoms with Gasteiger partial charge in [0, 0.05) is 24.5 Å². The third-order valence-electron chi connectivity index (χ3n) is 5.53. The standard InChI is InChI=1S/C26H21ClF3N5O5/c27-21-8-4-16(12-20(21)26(28,29)30)34-24(37)33-15-2-5-17(6-3-15)40-18-7-9-22-19(13-18)23(36)35(14-32-22)11-1-10-31-25(38)39/h2-9,12-14,31H,1,10-11H2,(H,38,39)(H2,33,34,37). The van der Waals surface area contributed by atoms with Gasteiger partial charge in [0.1, 0.15) is 11.5 Å². The van der Waals surface area contributed by atoms with Crippen LogP contribution in [-0.2, 0) is 12.7 Å². The molecule has 0 aliphatic carbocycles. The third-order valence-corrected chi connectivity index (χ3v) is 5.85. The Labute approximate surface area is 229 Å². The predicted molar refractivity (Wildman–Crippen MR) is 142 cm³/mol. The van der Waals surface area contributed by atoms with Gasteiger partial charge in [0.15, 0.2) is 0 Å². The summed E-state index contributed by atoms with van der Waals surface area (Å²) in [6, 6.07) is 13.2. The molecule has 0 saturated heterocycles. The van der Waals surface area contributed by atoms with Crippen LogP contribution in [0, 0.1) is 0 Å². The van der Waals surface area contributed by atoms with Gasteiger partial charge >= 0.3 is 18.3 Å². The number of ether oxygens (including phenoxy) is 1. The maximum absolute atomic E-state index is 13.0. The number of amides is 3. The van der Waals surface area contributed by atoms with Crippen molar-refractivity contribution < 1.29 is 32.6 Å². The quantitative estimate of drug-likeness (QED) is 0.186. The molecule has 0 aliphatic heterocycles. The number of nitrogens with zero attached hydrogens (tertiary/aromatic N) is 2. The number of hydrogen-bond donors (Lipinski definition) is 4. The fourth-order valence-electron chi connectivity index (χ4n) is 3.66. The number of aromatic nitrogens is 2. The molecule has 0 bridgehead atoms. The van der Waals surface area contributed by atoms with Gasteiger partial charge in [-0.2, -0.15) is 13.2 Å². The van der Waals surface area contributed by atoms with Crippen LogP contribution in [0.15, 0.2) is 71.8 Å². The minimum Gasteiger partial charge on any atom is -0.465 e. The highest BCUT2D eigenvalue weighted by molar-refractivity contribution is 6.31. The molecular formula is C26H21ClF3N5O5. The van der Waals surface area contributed by atoms with Gasteiger partial charge in [-0.15, -0.1) is 0 Å². The van der Waals surface area contributed by atoms with Gasteiger partial charge in [0.05, 0.1) is 27.8 Å². The fourth-order valence-corrected chi connectivity index (χ4v) is 3.89. The van der Waals surface area contributed by atoms with Crippen molar-refractivity contribution in [2.75, 3.05) is 17.2 Å². The van der Waals surface area contributed by atoms with Crippen molar-refractivity contribution >= 4 is 46.0 Å². The molecule has 4 N–H and O–H groups in total. The summed E-state index contributed by atoms with van der Waals surface area (Å²) in [7, 11) is 0. The summed E-state index contributed by atoms with van der Waals surface area (Å²) in [4.78, 5) is 39.9. The summed E-state index contributed by atoms with van der Waals surface area (Å²) in [6.07, 6.45) is -4.00. The van der Waals surface area contributed by atoms with Crippen molar-refractivity contribution in [1.82, 2.24) is 14.9 Å². The molecule has 10 nitrogen and oxygen atoms in total. The van der Waals surface area contributed by atoms with E-state index in [0.717, 1.165) is 12.1 Å². The monoisotopic (exact) mass is 575 g/mol. The normalized spacial score (nSPS) is 11.2. The lowest BCUT2D eigenvalue weighted by Crippen LogP contribution is -2.26. The van der Waals surface area contributed by atoms with Crippen LogP contribution in [0.2, 0.25) is 5.02 Å². The topological polar surface area (TPSA) is 135 Å². The SMILES string of the molecule is O=C(O)NCCCn1cnc2ccc(Oc3ccc(NC(=O)Nc4ccc(Cl)c(C(F)(F)F)c4)cc3)cc2c1=O. The summed E-state index contributed by atoms with van der Waals surface area (Å²) in [6.45, 7) is 0.465. The van der Waals surface area contributed by atoms with Crippen molar-refractivity contribution in [2.45, 2.75) is 19.1 Å². The Bertz CT molecular complexity index is 1610. The first-order chi connectivity index (χ1) is 19.0. The molecule has 0 spiro atoms. The molecule has 0 aliphatic rings. The highest BCUT2D eigenvalue weighted by Gasteiger charge is 2.33. The second kappa shape index (κ2) is 11.9. The third kappa shape index (κ3) is 7.20. The van der Waals surface area contributed by atoms with Crippen LogP contribution < -0.4 is 26.2 Å². The molecule has 1 aromatic heterocycles. The number of aryl methyl sites for hydroxylation is 1. The van der Waals surface area contributed by atoms with Gasteiger partial charge in [-0.05, 0) is 67.1 Å². The van der Waals surface area contributed by atoms with Crippen molar-refractivity contribution in [3.05, 3.63) is 87.9 Å². The number of alkyl halides is 3. The maximum Gasteiger partial charge on any atom is 0.417 e. The first-order valence-corrected chi connectivity index (χ1v) is 12.1. The molecule has 3 aromatic carbocycles. The van der Waals surface area contributed by atoms with E-state index in [-0.39, 0.29) is 24.3 Å². The lowest BCUT2D eigenvalue weighted by molar-refractivity contribution is -0.137. The average molecular weight is 576 g/mol. The van der Waals surface area contributed by atoms with Crippen LogP contribution in [0.1, 0.15) is 12.0 Å². The van der Waals surface area contributed by atoms with Crippen LogP contribution in [0.4, 0.5) is 34.1 Å². The van der Waals surface area contributed by atoms with Crippen LogP contribution in [0.25, 0.3) is 10.9 Å². The number of benzene rings is 3. The number of rotatable bonds is 8. The lowest BCUT2D eigenvalue weighted by Gasteiger charge is -2.13. The molecule has 0 unspecified atom stereocenters. The molecule has 0 radical (unpaired) electrons. The molecule has 208 valence electrons. The molecule has 14 heteroatoms. The second-order valence-electron chi connectivity index (χ2n) is 8.41. The van der Waals surface area contributed by atoms with Crippen LogP contribution in [0.3, 0.4) is 0 Å². The van der Waals surface area contributed by atoms with E-state index in [1.807, 2.05) is 0 Å².